The van der Waals surface area contributed by atoms with Crippen molar-refractivity contribution in [1.29, 1.82) is 0 Å². The fourth-order valence-electron chi connectivity index (χ4n) is 2.45. The fourth-order valence-corrected chi connectivity index (χ4v) is 2.45. The number of rotatable bonds is 5. The Kier molecular flexibility index (Phi) is 5.00. The van der Waals surface area contributed by atoms with Crippen molar-refractivity contribution in [2.45, 2.75) is 0 Å². The maximum absolute atomic E-state index is 12.4. The number of anilines is 4. The van der Waals surface area contributed by atoms with Gasteiger partial charge in [0.1, 0.15) is 0 Å². The Bertz CT molecular complexity index is 843. The standard InChI is InChI=1S/C21H21N3O/c1-24(2)20-10-6-7-16(15-20)21(25)23-19-13-11-18(12-14-19)22-17-8-4-3-5-9-17/h3-15,22H,1-2H3,(H,23,25). The van der Waals surface area contributed by atoms with Gasteiger partial charge in [-0.2, -0.15) is 0 Å². The summed E-state index contributed by atoms with van der Waals surface area (Å²) >= 11 is 0. The van der Waals surface area contributed by atoms with Crippen LogP contribution in [-0.2, 0) is 0 Å². The molecule has 126 valence electrons. The minimum Gasteiger partial charge on any atom is -0.378 e. The SMILES string of the molecule is CN(C)c1cccc(C(=O)Nc2ccc(Nc3ccccc3)cc2)c1. The van der Waals surface area contributed by atoms with E-state index in [0.717, 1.165) is 22.7 Å². The molecule has 0 aliphatic heterocycles. The van der Waals surface area contributed by atoms with E-state index < -0.39 is 0 Å². The van der Waals surface area contributed by atoms with Crippen LogP contribution in [-0.4, -0.2) is 20.0 Å². The molecule has 3 aromatic carbocycles. The van der Waals surface area contributed by atoms with Gasteiger partial charge in [0.05, 0.1) is 0 Å². The van der Waals surface area contributed by atoms with Crippen molar-refractivity contribution in [2.24, 2.45) is 0 Å². The molecule has 0 saturated carbocycles. The van der Waals surface area contributed by atoms with E-state index in [1.54, 1.807) is 0 Å². The van der Waals surface area contributed by atoms with E-state index in [-0.39, 0.29) is 5.91 Å². The van der Waals surface area contributed by atoms with Crippen LogP contribution in [0.3, 0.4) is 0 Å². The van der Waals surface area contributed by atoms with Crippen LogP contribution in [0.15, 0.2) is 78.9 Å². The molecule has 2 N–H and O–H groups in total. The van der Waals surface area contributed by atoms with Crippen molar-refractivity contribution < 1.29 is 4.79 Å². The molecule has 25 heavy (non-hydrogen) atoms. The van der Waals surface area contributed by atoms with Crippen molar-refractivity contribution in [3.8, 4) is 0 Å². The number of para-hydroxylation sites is 1. The highest BCUT2D eigenvalue weighted by Gasteiger charge is 2.07. The van der Waals surface area contributed by atoms with Gasteiger partial charge in [-0.05, 0) is 54.6 Å². The highest BCUT2D eigenvalue weighted by molar-refractivity contribution is 6.04. The zero-order chi connectivity index (χ0) is 17.6. The van der Waals surface area contributed by atoms with E-state index in [0.29, 0.717) is 5.56 Å². The van der Waals surface area contributed by atoms with E-state index in [1.807, 2.05) is 97.9 Å². The summed E-state index contributed by atoms with van der Waals surface area (Å²) in [5.41, 5.74) is 4.39. The lowest BCUT2D eigenvalue weighted by atomic mass is 10.1. The van der Waals surface area contributed by atoms with Crippen molar-refractivity contribution in [3.63, 3.8) is 0 Å². The summed E-state index contributed by atoms with van der Waals surface area (Å²) in [7, 11) is 3.91. The average Bonchev–Trinajstić information content (AvgIpc) is 2.64. The number of carbonyl (C=O) groups is 1. The van der Waals surface area contributed by atoms with E-state index in [4.69, 9.17) is 0 Å². The summed E-state index contributed by atoms with van der Waals surface area (Å²) in [4.78, 5) is 14.4. The van der Waals surface area contributed by atoms with Gasteiger partial charge in [0, 0.05) is 42.4 Å². The highest BCUT2D eigenvalue weighted by Crippen LogP contribution is 2.20. The molecule has 4 heteroatoms. The molecule has 0 radical (unpaired) electrons. The summed E-state index contributed by atoms with van der Waals surface area (Å²) in [5, 5.41) is 6.25. The number of hydrogen-bond acceptors (Lipinski definition) is 3. The molecular formula is C21H21N3O. The number of amides is 1. The first-order valence-corrected chi connectivity index (χ1v) is 8.13. The second-order valence-electron chi connectivity index (χ2n) is 5.97. The van der Waals surface area contributed by atoms with Gasteiger partial charge in [0.15, 0.2) is 0 Å². The summed E-state index contributed by atoms with van der Waals surface area (Å²) in [6, 6.07) is 25.2. The third-order valence-electron chi connectivity index (χ3n) is 3.83. The van der Waals surface area contributed by atoms with Crippen LogP contribution in [0.1, 0.15) is 10.4 Å². The smallest absolute Gasteiger partial charge is 0.255 e. The summed E-state index contributed by atoms with van der Waals surface area (Å²) in [6.07, 6.45) is 0. The number of nitrogens with one attached hydrogen (secondary N) is 2. The monoisotopic (exact) mass is 331 g/mol. The van der Waals surface area contributed by atoms with Gasteiger partial charge >= 0.3 is 0 Å². The maximum atomic E-state index is 12.4. The number of carbonyl (C=O) groups excluding carboxylic acids is 1. The Hall–Kier alpha value is -3.27. The average molecular weight is 331 g/mol. The van der Waals surface area contributed by atoms with Gasteiger partial charge in [-0.1, -0.05) is 24.3 Å². The van der Waals surface area contributed by atoms with Crippen LogP contribution in [0, 0.1) is 0 Å². The molecule has 3 aromatic rings. The minimum atomic E-state index is -0.118. The Balaban J connectivity index is 1.67. The van der Waals surface area contributed by atoms with Crippen molar-refractivity contribution in [1.82, 2.24) is 0 Å². The first-order valence-electron chi connectivity index (χ1n) is 8.13. The molecule has 1 amide bonds. The Morgan fingerprint density at radius 1 is 0.760 bits per heavy atom. The topological polar surface area (TPSA) is 44.4 Å². The molecule has 0 saturated heterocycles. The number of hydrogen-bond donors (Lipinski definition) is 2. The lowest BCUT2D eigenvalue weighted by Crippen LogP contribution is -2.14. The van der Waals surface area contributed by atoms with E-state index in [1.165, 1.54) is 0 Å². The lowest BCUT2D eigenvalue weighted by Gasteiger charge is -2.13. The predicted octanol–water partition coefficient (Wildman–Crippen LogP) is 4.75. The first kappa shape index (κ1) is 16.6. The minimum absolute atomic E-state index is 0.118. The Morgan fingerprint density at radius 2 is 1.40 bits per heavy atom. The summed E-state index contributed by atoms with van der Waals surface area (Å²) in [5.74, 6) is -0.118. The zero-order valence-electron chi connectivity index (χ0n) is 14.4. The van der Waals surface area contributed by atoms with E-state index in [9.17, 15) is 4.79 Å². The third-order valence-corrected chi connectivity index (χ3v) is 3.83. The molecule has 0 fully saturated rings. The van der Waals surface area contributed by atoms with Crippen molar-refractivity contribution >= 4 is 28.7 Å². The molecule has 0 aliphatic rings. The highest BCUT2D eigenvalue weighted by atomic mass is 16.1. The maximum Gasteiger partial charge on any atom is 0.255 e. The van der Waals surface area contributed by atoms with Gasteiger partial charge in [-0.15, -0.1) is 0 Å². The predicted molar refractivity (Wildman–Crippen MR) is 105 cm³/mol. The molecule has 0 unspecified atom stereocenters. The van der Waals surface area contributed by atoms with Gasteiger partial charge in [0.2, 0.25) is 0 Å². The zero-order valence-corrected chi connectivity index (χ0v) is 14.4. The van der Waals surface area contributed by atoms with Crippen LogP contribution in [0.2, 0.25) is 0 Å². The third kappa shape index (κ3) is 4.38. The van der Waals surface area contributed by atoms with E-state index in [2.05, 4.69) is 10.6 Å². The van der Waals surface area contributed by atoms with Gasteiger partial charge in [-0.3, -0.25) is 4.79 Å². The largest absolute Gasteiger partial charge is 0.378 e. The summed E-state index contributed by atoms with van der Waals surface area (Å²) in [6.45, 7) is 0. The molecule has 4 nitrogen and oxygen atoms in total. The van der Waals surface area contributed by atoms with Gasteiger partial charge in [0.25, 0.3) is 5.91 Å². The second-order valence-corrected chi connectivity index (χ2v) is 5.97. The van der Waals surface area contributed by atoms with Crippen LogP contribution >= 0.6 is 0 Å². The lowest BCUT2D eigenvalue weighted by molar-refractivity contribution is 0.102. The molecule has 0 spiro atoms. The summed E-state index contributed by atoms with van der Waals surface area (Å²) < 4.78 is 0. The quantitative estimate of drug-likeness (QED) is 0.709. The molecule has 0 aromatic heterocycles. The Labute approximate surface area is 148 Å². The molecule has 0 bridgehead atoms. The molecular weight excluding hydrogens is 310 g/mol. The fraction of sp³-hybridized carbons (Fsp3) is 0.0952. The number of benzene rings is 3. The van der Waals surface area contributed by atoms with Crippen molar-refractivity contribution in [2.75, 3.05) is 29.6 Å². The molecule has 0 aliphatic carbocycles. The number of nitrogens with zero attached hydrogens (tertiary/aromatic N) is 1. The molecule has 0 atom stereocenters. The van der Waals surface area contributed by atoms with Crippen LogP contribution in [0.5, 0.6) is 0 Å². The second kappa shape index (κ2) is 7.53. The first-order chi connectivity index (χ1) is 12.1. The van der Waals surface area contributed by atoms with Crippen LogP contribution < -0.4 is 15.5 Å². The van der Waals surface area contributed by atoms with Gasteiger partial charge < -0.3 is 15.5 Å². The van der Waals surface area contributed by atoms with Crippen LogP contribution in [0.25, 0.3) is 0 Å². The molecule has 0 heterocycles. The Morgan fingerprint density at radius 3 is 2.08 bits per heavy atom. The normalized spacial score (nSPS) is 10.2. The van der Waals surface area contributed by atoms with Crippen LogP contribution in [0.4, 0.5) is 22.7 Å². The van der Waals surface area contributed by atoms with E-state index >= 15 is 0 Å². The van der Waals surface area contributed by atoms with Crippen molar-refractivity contribution in [3.05, 3.63) is 84.4 Å². The molecule has 3 rings (SSSR count). The van der Waals surface area contributed by atoms with Gasteiger partial charge in [-0.25, -0.2) is 0 Å².